The van der Waals surface area contributed by atoms with Gasteiger partial charge in [0.25, 0.3) is 5.91 Å². The number of amides is 1. The Balaban J connectivity index is 3.09. The third kappa shape index (κ3) is 3.21. The van der Waals surface area contributed by atoms with E-state index in [1.807, 2.05) is 0 Å². The molecule has 0 bridgehead atoms. The van der Waals surface area contributed by atoms with Gasteiger partial charge in [0.05, 0.1) is 11.1 Å². The predicted octanol–water partition coefficient (Wildman–Crippen LogP) is 2.97. The molecule has 0 unspecified atom stereocenters. The number of carbonyl (C=O) groups is 1. The molecule has 1 heterocycles. The minimum Gasteiger partial charge on any atom is -0.337 e. The van der Waals surface area contributed by atoms with Crippen molar-refractivity contribution in [3.8, 4) is 0 Å². The molecule has 1 rings (SSSR count). The first-order valence-electron chi connectivity index (χ1n) is 5.34. The molecule has 1 aromatic rings. The Morgan fingerprint density at radius 2 is 1.78 bits per heavy atom. The number of hydrogen-bond donors (Lipinski definition) is 0. The molecule has 0 aromatic carbocycles. The van der Waals surface area contributed by atoms with Crippen LogP contribution < -0.4 is 0 Å². The fourth-order valence-electron chi connectivity index (χ4n) is 1.21. The standard InChI is InChI=1S/C12H15F3N2O/c1-11(2,3)17(4)10(18)8-5-9(7-16-6-8)12(13,14)15/h5-7H,1-4H3. The van der Waals surface area contributed by atoms with E-state index in [-0.39, 0.29) is 5.56 Å². The summed E-state index contributed by atoms with van der Waals surface area (Å²) in [6.45, 7) is 5.39. The minimum atomic E-state index is -4.50. The molecule has 0 aliphatic carbocycles. The highest BCUT2D eigenvalue weighted by molar-refractivity contribution is 5.94. The van der Waals surface area contributed by atoms with Crippen molar-refractivity contribution in [2.75, 3.05) is 7.05 Å². The maximum absolute atomic E-state index is 12.5. The van der Waals surface area contributed by atoms with Crippen molar-refractivity contribution in [3.05, 3.63) is 29.6 Å². The average Bonchev–Trinajstić information content (AvgIpc) is 2.25. The van der Waals surface area contributed by atoms with Crippen molar-refractivity contribution in [2.45, 2.75) is 32.5 Å². The molecule has 0 aliphatic heterocycles. The van der Waals surface area contributed by atoms with Crippen LogP contribution >= 0.6 is 0 Å². The SMILES string of the molecule is CN(C(=O)c1cncc(C(F)(F)F)c1)C(C)(C)C. The van der Waals surface area contributed by atoms with Gasteiger partial charge in [-0.25, -0.2) is 0 Å². The summed E-state index contributed by atoms with van der Waals surface area (Å²) >= 11 is 0. The number of rotatable bonds is 1. The van der Waals surface area contributed by atoms with Crippen molar-refractivity contribution >= 4 is 5.91 Å². The Morgan fingerprint density at radius 1 is 1.22 bits per heavy atom. The van der Waals surface area contributed by atoms with Crippen LogP contribution in [0.25, 0.3) is 0 Å². The molecular weight excluding hydrogens is 245 g/mol. The third-order valence-electron chi connectivity index (χ3n) is 2.62. The first kappa shape index (κ1) is 14.5. The number of halogens is 3. The Bertz CT molecular complexity index is 449. The van der Waals surface area contributed by atoms with E-state index in [2.05, 4.69) is 4.98 Å². The second kappa shape index (κ2) is 4.59. The molecule has 0 atom stereocenters. The molecule has 0 saturated carbocycles. The van der Waals surface area contributed by atoms with Crippen molar-refractivity contribution < 1.29 is 18.0 Å². The number of alkyl halides is 3. The summed E-state index contributed by atoms with van der Waals surface area (Å²) in [4.78, 5) is 16.8. The van der Waals surface area contributed by atoms with E-state index in [0.29, 0.717) is 6.20 Å². The lowest BCUT2D eigenvalue weighted by Crippen LogP contribution is -2.42. The number of pyridine rings is 1. The van der Waals surface area contributed by atoms with Gasteiger partial charge < -0.3 is 4.90 Å². The van der Waals surface area contributed by atoms with E-state index >= 15 is 0 Å². The number of nitrogens with zero attached hydrogens (tertiary/aromatic N) is 2. The van der Waals surface area contributed by atoms with Crippen molar-refractivity contribution in [1.82, 2.24) is 9.88 Å². The van der Waals surface area contributed by atoms with Gasteiger partial charge in [-0.1, -0.05) is 0 Å². The summed E-state index contributed by atoms with van der Waals surface area (Å²) in [5.41, 5.74) is -1.45. The molecule has 100 valence electrons. The molecular formula is C12H15F3N2O. The third-order valence-corrected chi connectivity index (χ3v) is 2.62. The summed E-state index contributed by atoms with van der Waals surface area (Å²) < 4.78 is 37.5. The van der Waals surface area contributed by atoms with Crippen LogP contribution in [-0.2, 0) is 6.18 Å². The summed E-state index contributed by atoms with van der Waals surface area (Å²) in [6.07, 6.45) is -2.66. The Labute approximate surface area is 104 Å². The minimum absolute atomic E-state index is 0.0674. The van der Waals surface area contributed by atoms with Crippen molar-refractivity contribution in [1.29, 1.82) is 0 Å². The van der Waals surface area contributed by atoms with Gasteiger partial charge in [-0.3, -0.25) is 9.78 Å². The molecule has 0 saturated heterocycles. The van der Waals surface area contributed by atoms with Gasteiger partial charge in [0.15, 0.2) is 0 Å². The Kier molecular flexibility index (Phi) is 3.69. The summed E-state index contributed by atoms with van der Waals surface area (Å²) in [5.74, 6) is -0.485. The van der Waals surface area contributed by atoms with Crippen molar-refractivity contribution in [2.24, 2.45) is 0 Å². The summed E-state index contributed by atoms with van der Waals surface area (Å²) in [7, 11) is 1.54. The van der Waals surface area contributed by atoms with Crippen LogP contribution in [0.4, 0.5) is 13.2 Å². The Morgan fingerprint density at radius 3 is 2.22 bits per heavy atom. The van der Waals surface area contributed by atoms with Crippen LogP contribution in [-0.4, -0.2) is 28.4 Å². The zero-order valence-electron chi connectivity index (χ0n) is 10.7. The first-order valence-corrected chi connectivity index (χ1v) is 5.34. The maximum atomic E-state index is 12.5. The highest BCUT2D eigenvalue weighted by Crippen LogP contribution is 2.29. The lowest BCUT2D eigenvalue weighted by Gasteiger charge is -2.32. The highest BCUT2D eigenvalue weighted by atomic mass is 19.4. The molecule has 0 N–H and O–H groups in total. The van der Waals surface area contributed by atoms with E-state index in [9.17, 15) is 18.0 Å². The Hall–Kier alpha value is -1.59. The molecule has 0 spiro atoms. The second-order valence-electron chi connectivity index (χ2n) is 5.00. The van der Waals surface area contributed by atoms with Crippen LogP contribution in [0.5, 0.6) is 0 Å². The van der Waals surface area contributed by atoms with Gasteiger partial charge in [-0.05, 0) is 26.8 Å². The fraction of sp³-hybridized carbons (Fsp3) is 0.500. The highest BCUT2D eigenvalue weighted by Gasteiger charge is 2.32. The lowest BCUT2D eigenvalue weighted by atomic mass is 10.1. The average molecular weight is 260 g/mol. The molecule has 18 heavy (non-hydrogen) atoms. The van der Waals surface area contributed by atoms with Gasteiger partial charge in [0, 0.05) is 25.0 Å². The number of carbonyl (C=O) groups excluding carboxylic acids is 1. The topological polar surface area (TPSA) is 33.2 Å². The van der Waals surface area contributed by atoms with E-state index in [1.165, 1.54) is 4.90 Å². The van der Waals surface area contributed by atoms with Crippen molar-refractivity contribution in [3.63, 3.8) is 0 Å². The predicted molar refractivity (Wildman–Crippen MR) is 61.1 cm³/mol. The summed E-state index contributed by atoms with van der Waals surface area (Å²) in [6, 6.07) is 0.817. The van der Waals surface area contributed by atoms with E-state index in [0.717, 1.165) is 12.3 Å². The largest absolute Gasteiger partial charge is 0.417 e. The van der Waals surface area contributed by atoms with E-state index in [4.69, 9.17) is 0 Å². The van der Waals surface area contributed by atoms with Crippen LogP contribution in [0.1, 0.15) is 36.7 Å². The lowest BCUT2D eigenvalue weighted by molar-refractivity contribution is -0.137. The van der Waals surface area contributed by atoms with E-state index in [1.54, 1.807) is 27.8 Å². The van der Waals surface area contributed by atoms with E-state index < -0.39 is 23.2 Å². The van der Waals surface area contributed by atoms with Crippen LogP contribution in [0.3, 0.4) is 0 Å². The maximum Gasteiger partial charge on any atom is 0.417 e. The van der Waals surface area contributed by atoms with Gasteiger partial charge in [-0.15, -0.1) is 0 Å². The zero-order chi connectivity index (χ0) is 14.1. The van der Waals surface area contributed by atoms with Gasteiger partial charge in [-0.2, -0.15) is 13.2 Å². The molecule has 0 fully saturated rings. The van der Waals surface area contributed by atoms with Crippen LogP contribution in [0.2, 0.25) is 0 Å². The summed E-state index contributed by atoms with van der Waals surface area (Å²) in [5, 5.41) is 0. The zero-order valence-corrected chi connectivity index (χ0v) is 10.7. The molecule has 0 radical (unpaired) electrons. The van der Waals surface area contributed by atoms with Gasteiger partial charge in [0.1, 0.15) is 0 Å². The molecule has 0 aliphatic rings. The smallest absolute Gasteiger partial charge is 0.337 e. The number of aromatic nitrogens is 1. The quantitative estimate of drug-likeness (QED) is 0.777. The van der Waals surface area contributed by atoms with Crippen LogP contribution in [0, 0.1) is 0 Å². The van der Waals surface area contributed by atoms with Gasteiger partial charge >= 0.3 is 6.18 Å². The molecule has 1 amide bonds. The molecule has 1 aromatic heterocycles. The molecule has 3 nitrogen and oxygen atoms in total. The number of hydrogen-bond acceptors (Lipinski definition) is 2. The first-order chi connectivity index (χ1) is 8.03. The molecule has 6 heteroatoms. The normalized spacial score (nSPS) is 12.4. The monoisotopic (exact) mass is 260 g/mol. The van der Waals surface area contributed by atoms with Crippen LogP contribution in [0.15, 0.2) is 18.5 Å². The van der Waals surface area contributed by atoms with Gasteiger partial charge in [0.2, 0.25) is 0 Å². The second-order valence-corrected chi connectivity index (χ2v) is 5.00. The fourth-order valence-corrected chi connectivity index (χ4v) is 1.21.